The van der Waals surface area contributed by atoms with E-state index < -0.39 is 0 Å². The van der Waals surface area contributed by atoms with Crippen molar-refractivity contribution in [3.63, 3.8) is 0 Å². The lowest BCUT2D eigenvalue weighted by atomic mass is 10.0. The number of ether oxygens (including phenoxy) is 1. The summed E-state index contributed by atoms with van der Waals surface area (Å²) in [6.45, 7) is 6.67. The van der Waals surface area contributed by atoms with Crippen LogP contribution in [-0.4, -0.2) is 27.7 Å². The van der Waals surface area contributed by atoms with Crippen LogP contribution in [0.1, 0.15) is 30.7 Å². The number of hydrogen-bond acceptors (Lipinski definition) is 3. The minimum atomic E-state index is 0.00513. The fraction of sp³-hybridized carbons (Fsp3) is 0.318. The van der Waals surface area contributed by atoms with E-state index in [2.05, 4.69) is 39.4 Å². The van der Waals surface area contributed by atoms with Crippen molar-refractivity contribution in [2.75, 3.05) is 6.54 Å². The van der Waals surface area contributed by atoms with Crippen LogP contribution < -0.4 is 4.74 Å². The Kier molecular flexibility index (Phi) is 5.63. The first-order valence-electron chi connectivity index (χ1n) is 9.49. The zero-order valence-corrected chi connectivity index (χ0v) is 17.5. The van der Waals surface area contributed by atoms with Gasteiger partial charge in [-0.25, -0.2) is 0 Å². The summed E-state index contributed by atoms with van der Waals surface area (Å²) >= 11 is 12.9. The molecule has 1 aliphatic rings. The molecule has 28 heavy (non-hydrogen) atoms. The van der Waals surface area contributed by atoms with Crippen LogP contribution >= 0.6 is 23.2 Å². The second-order valence-corrected chi connectivity index (χ2v) is 8.23. The summed E-state index contributed by atoms with van der Waals surface area (Å²) in [6.07, 6.45) is 0.955. The number of aromatic amines is 1. The van der Waals surface area contributed by atoms with E-state index in [1.54, 1.807) is 0 Å². The highest BCUT2D eigenvalue weighted by Crippen LogP contribution is 2.39. The normalized spacial score (nSPS) is 14.3. The number of fused-ring (bicyclic) bond motifs is 1. The summed E-state index contributed by atoms with van der Waals surface area (Å²) in [5, 5.41) is 8.78. The molecule has 0 radical (unpaired) electrons. The first-order chi connectivity index (χ1) is 13.5. The molecule has 0 atom stereocenters. The molecule has 2 heterocycles. The molecule has 0 saturated carbocycles. The molecule has 4 rings (SSSR count). The number of aromatic nitrogens is 2. The van der Waals surface area contributed by atoms with Crippen LogP contribution in [0.3, 0.4) is 0 Å². The molecule has 0 amide bonds. The van der Waals surface area contributed by atoms with Crippen molar-refractivity contribution in [1.29, 1.82) is 0 Å². The third-order valence-electron chi connectivity index (χ3n) is 4.89. The third kappa shape index (κ3) is 4.04. The van der Waals surface area contributed by atoms with Crippen molar-refractivity contribution >= 4 is 23.2 Å². The van der Waals surface area contributed by atoms with Crippen molar-refractivity contribution in [3.05, 3.63) is 69.3 Å². The van der Waals surface area contributed by atoms with E-state index in [0.717, 1.165) is 37.3 Å². The number of hydrogen-bond donors (Lipinski definition) is 1. The topological polar surface area (TPSA) is 41.1 Å². The van der Waals surface area contributed by atoms with Gasteiger partial charge in [0, 0.05) is 42.9 Å². The minimum absolute atomic E-state index is 0.00513. The van der Waals surface area contributed by atoms with Crippen LogP contribution in [0.2, 0.25) is 10.0 Å². The van der Waals surface area contributed by atoms with Crippen LogP contribution in [0.15, 0.2) is 42.5 Å². The van der Waals surface area contributed by atoms with Crippen molar-refractivity contribution in [2.24, 2.45) is 0 Å². The number of nitrogens with zero attached hydrogens (tertiary/aromatic N) is 2. The maximum Gasteiger partial charge on any atom is 0.156 e. The van der Waals surface area contributed by atoms with Crippen LogP contribution in [0.25, 0.3) is 11.3 Å². The lowest BCUT2D eigenvalue weighted by molar-refractivity contribution is 0.242. The summed E-state index contributed by atoms with van der Waals surface area (Å²) in [5.74, 6) is 0.525. The number of rotatable bonds is 5. The van der Waals surface area contributed by atoms with E-state index in [9.17, 15) is 0 Å². The van der Waals surface area contributed by atoms with Crippen LogP contribution in [-0.2, 0) is 19.5 Å². The Balaban J connectivity index is 1.61. The summed E-state index contributed by atoms with van der Waals surface area (Å²) in [4.78, 5) is 2.44. The molecule has 6 heteroatoms. The molecule has 1 N–H and O–H groups in total. The Labute approximate surface area is 175 Å². The second kappa shape index (κ2) is 8.16. The molecule has 146 valence electrons. The molecule has 0 spiro atoms. The van der Waals surface area contributed by atoms with E-state index in [4.69, 9.17) is 27.9 Å². The average molecular weight is 416 g/mol. The lowest BCUT2D eigenvalue weighted by Gasteiger charge is -2.27. The van der Waals surface area contributed by atoms with Crippen LogP contribution in [0.4, 0.5) is 0 Å². The second-order valence-electron chi connectivity index (χ2n) is 7.41. The zero-order chi connectivity index (χ0) is 19.7. The van der Waals surface area contributed by atoms with Gasteiger partial charge < -0.3 is 4.74 Å². The molecule has 1 aliphatic heterocycles. The maximum atomic E-state index is 6.46. The Bertz CT molecular complexity index is 946. The number of benzene rings is 2. The summed E-state index contributed by atoms with van der Waals surface area (Å²) in [5.41, 5.74) is 5.54. The molecular formula is C22H23Cl2N3O. The largest absolute Gasteiger partial charge is 0.488 e. The first-order valence-corrected chi connectivity index (χ1v) is 10.3. The molecule has 2 aromatic carbocycles. The Morgan fingerprint density at radius 2 is 1.86 bits per heavy atom. The number of H-pyrrole nitrogens is 1. The van der Waals surface area contributed by atoms with Crippen molar-refractivity contribution < 1.29 is 4.74 Å². The van der Waals surface area contributed by atoms with Gasteiger partial charge >= 0.3 is 0 Å². The van der Waals surface area contributed by atoms with E-state index in [0.29, 0.717) is 15.8 Å². The minimum Gasteiger partial charge on any atom is -0.488 e. The molecule has 0 aliphatic carbocycles. The van der Waals surface area contributed by atoms with Crippen molar-refractivity contribution in [2.45, 2.75) is 39.5 Å². The van der Waals surface area contributed by atoms with Gasteiger partial charge in [0.05, 0.1) is 21.8 Å². The predicted molar refractivity (Wildman–Crippen MR) is 114 cm³/mol. The summed E-state index contributed by atoms with van der Waals surface area (Å²) < 4.78 is 5.74. The molecule has 0 saturated heterocycles. The smallest absolute Gasteiger partial charge is 0.156 e. The van der Waals surface area contributed by atoms with Gasteiger partial charge in [0.1, 0.15) is 0 Å². The third-order valence-corrected chi connectivity index (χ3v) is 5.45. The molecule has 0 unspecified atom stereocenters. The highest BCUT2D eigenvalue weighted by atomic mass is 35.5. The molecule has 1 aromatic heterocycles. The van der Waals surface area contributed by atoms with E-state index in [1.807, 2.05) is 32.0 Å². The quantitative estimate of drug-likeness (QED) is 0.578. The predicted octanol–water partition coefficient (Wildman–Crippen LogP) is 5.73. The maximum absolute atomic E-state index is 6.46. The van der Waals surface area contributed by atoms with E-state index in [-0.39, 0.29) is 6.10 Å². The standard InChI is InChI=1S/C22H23Cl2N3O/c1-14(2)28-22-18(23)10-16(11-19(22)24)21-17-13-27(9-8-20(17)25-26-21)12-15-6-4-3-5-7-15/h3-7,10-11,14H,8-9,12-13H2,1-2H3,(H,25,26). The molecular weight excluding hydrogens is 393 g/mol. The van der Waals surface area contributed by atoms with E-state index in [1.165, 1.54) is 16.8 Å². The Morgan fingerprint density at radius 3 is 2.54 bits per heavy atom. The lowest BCUT2D eigenvalue weighted by Crippen LogP contribution is -2.29. The number of halogens is 2. The van der Waals surface area contributed by atoms with Crippen LogP contribution in [0, 0.1) is 0 Å². The van der Waals surface area contributed by atoms with Gasteiger partial charge in [-0.3, -0.25) is 10.00 Å². The van der Waals surface area contributed by atoms with Crippen molar-refractivity contribution in [3.8, 4) is 17.0 Å². The first kappa shape index (κ1) is 19.3. The fourth-order valence-corrected chi connectivity index (χ4v) is 4.19. The van der Waals surface area contributed by atoms with Gasteiger partial charge in [-0.1, -0.05) is 53.5 Å². The summed E-state index contributed by atoms with van der Waals surface area (Å²) in [7, 11) is 0. The van der Waals surface area contributed by atoms with Crippen molar-refractivity contribution in [1.82, 2.24) is 15.1 Å². The molecule has 0 bridgehead atoms. The number of nitrogens with one attached hydrogen (secondary N) is 1. The van der Waals surface area contributed by atoms with Gasteiger partial charge in [-0.2, -0.15) is 5.10 Å². The SMILES string of the molecule is CC(C)Oc1c(Cl)cc(-c2n[nH]c3c2CN(Cc2ccccc2)CC3)cc1Cl. The van der Waals surface area contributed by atoms with Crippen LogP contribution in [0.5, 0.6) is 5.75 Å². The van der Waals surface area contributed by atoms with Gasteiger partial charge in [0.15, 0.2) is 5.75 Å². The summed E-state index contributed by atoms with van der Waals surface area (Å²) in [6, 6.07) is 14.3. The molecule has 0 fully saturated rings. The van der Waals surface area contributed by atoms with Gasteiger partial charge in [0.25, 0.3) is 0 Å². The van der Waals surface area contributed by atoms with Gasteiger partial charge in [-0.15, -0.1) is 0 Å². The fourth-order valence-electron chi connectivity index (χ4n) is 3.61. The van der Waals surface area contributed by atoms with E-state index >= 15 is 0 Å². The monoisotopic (exact) mass is 415 g/mol. The Morgan fingerprint density at radius 1 is 1.14 bits per heavy atom. The molecule has 3 aromatic rings. The zero-order valence-electron chi connectivity index (χ0n) is 16.0. The Hall–Kier alpha value is -2.01. The highest BCUT2D eigenvalue weighted by Gasteiger charge is 2.24. The highest BCUT2D eigenvalue weighted by molar-refractivity contribution is 6.37. The van der Waals surface area contributed by atoms with Gasteiger partial charge in [0.2, 0.25) is 0 Å². The van der Waals surface area contributed by atoms with Gasteiger partial charge in [-0.05, 0) is 31.5 Å². The molecule has 4 nitrogen and oxygen atoms in total. The average Bonchev–Trinajstić information content (AvgIpc) is 3.08.